The Kier molecular flexibility index (Phi) is 3.27. The molecule has 3 heteroatoms. The van der Waals surface area contributed by atoms with Crippen molar-refractivity contribution < 1.29 is 0 Å². The lowest BCUT2D eigenvalue weighted by Gasteiger charge is -2.06. The zero-order valence-corrected chi connectivity index (χ0v) is 9.35. The number of aromatic nitrogens is 2. The van der Waals surface area contributed by atoms with E-state index in [9.17, 15) is 0 Å². The Bertz CT molecular complexity index is 466. The first-order valence-electron chi connectivity index (χ1n) is 5.39. The van der Waals surface area contributed by atoms with Crippen molar-refractivity contribution in [2.24, 2.45) is 5.73 Å². The lowest BCUT2D eigenvalue weighted by Crippen LogP contribution is -2.06. The van der Waals surface area contributed by atoms with Crippen LogP contribution in [0.15, 0.2) is 36.5 Å². The summed E-state index contributed by atoms with van der Waals surface area (Å²) in [6.45, 7) is 2.59. The van der Waals surface area contributed by atoms with E-state index in [1.165, 1.54) is 0 Å². The quantitative estimate of drug-likeness (QED) is 0.847. The zero-order chi connectivity index (χ0) is 11.4. The maximum absolute atomic E-state index is 5.49. The fourth-order valence-corrected chi connectivity index (χ4v) is 1.68. The molecule has 0 saturated heterocycles. The van der Waals surface area contributed by atoms with Crippen molar-refractivity contribution in [2.75, 3.05) is 6.54 Å². The highest BCUT2D eigenvalue weighted by Crippen LogP contribution is 2.18. The molecular weight excluding hydrogens is 198 g/mol. The maximum atomic E-state index is 5.49. The van der Waals surface area contributed by atoms with Crippen molar-refractivity contribution in [2.45, 2.75) is 13.3 Å². The SMILES string of the molecule is Cc1nc(CCN)cnc1-c1ccccc1. The molecule has 2 N–H and O–H groups in total. The second-order valence-electron chi connectivity index (χ2n) is 3.70. The van der Waals surface area contributed by atoms with E-state index in [0.29, 0.717) is 6.54 Å². The first-order chi connectivity index (χ1) is 7.81. The van der Waals surface area contributed by atoms with Crippen molar-refractivity contribution in [1.29, 1.82) is 0 Å². The van der Waals surface area contributed by atoms with Crippen LogP contribution in [0.1, 0.15) is 11.4 Å². The van der Waals surface area contributed by atoms with Gasteiger partial charge in [-0.25, -0.2) is 0 Å². The van der Waals surface area contributed by atoms with Gasteiger partial charge in [-0.15, -0.1) is 0 Å². The van der Waals surface area contributed by atoms with Crippen molar-refractivity contribution in [1.82, 2.24) is 9.97 Å². The van der Waals surface area contributed by atoms with Gasteiger partial charge in [-0.1, -0.05) is 30.3 Å². The molecule has 1 heterocycles. The van der Waals surface area contributed by atoms with Gasteiger partial charge in [0, 0.05) is 18.2 Å². The number of nitrogens with zero attached hydrogens (tertiary/aromatic N) is 2. The third-order valence-electron chi connectivity index (χ3n) is 2.44. The van der Waals surface area contributed by atoms with Gasteiger partial charge in [-0.05, 0) is 13.5 Å². The molecule has 16 heavy (non-hydrogen) atoms. The van der Waals surface area contributed by atoms with E-state index < -0.39 is 0 Å². The molecule has 2 aromatic rings. The average molecular weight is 213 g/mol. The van der Waals surface area contributed by atoms with Crippen LogP contribution in [0.25, 0.3) is 11.3 Å². The third-order valence-corrected chi connectivity index (χ3v) is 2.44. The van der Waals surface area contributed by atoms with Gasteiger partial charge in [0.1, 0.15) is 0 Å². The summed E-state index contributed by atoms with van der Waals surface area (Å²) in [4.78, 5) is 8.95. The van der Waals surface area contributed by atoms with Crippen LogP contribution >= 0.6 is 0 Å². The van der Waals surface area contributed by atoms with Crippen molar-refractivity contribution in [3.05, 3.63) is 47.9 Å². The monoisotopic (exact) mass is 213 g/mol. The van der Waals surface area contributed by atoms with E-state index in [1.807, 2.05) is 43.5 Å². The fraction of sp³-hybridized carbons (Fsp3) is 0.231. The van der Waals surface area contributed by atoms with Crippen LogP contribution in [0.4, 0.5) is 0 Å². The van der Waals surface area contributed by atoms with Crippen LogP contribution < -0.4 is 5.73 Å². The first-order valence-corrected chi connectivity index (χ1v) is 5.39. The maximum Gasteiger partial charge on any atom is 0.0914 e. The van der Waals surface area contributed by atoms with E-state index in [0.717, 1.165) is 29.1 Å². The molecule has 0 saturated carbocycles. The molecule has 0 unspecified atom stereocenters. The number of aryl methyl sites for hydroxylation is 1. The lowest BCUT2D eigenvalue weighted by molar-refractivity contribution is 0.896. The van der Waals surface area contributed by atoms with Crippen LogP contribution in [-0.2, 0) is 6.42 Å². The molecule has 3 nitrogen and oxygen atoms in total. The standard InChI is InChI=1S/C13H15N3/c1-10-13(11-5-3-2-4-6-11)15-9-12(16-10)7-8-14/h2-6,9H,7-8,14H2,1H3. The Balaban J connectivity index is 2.37. The van der Waals surface area contributed by atoms with Gasteiger partial charge in [0.05, 0.1) is 17.1 Å². The summed E-state index contributed by atoms with van der Waals surface area (Å²) in [6.07, 6.45) is 2.59. The topological polar surface area (TPSA) is 51.8 Å². The second-order valence-corrected chi connectivity index (χ2v) is 3.70. The minimum absolute atomic E-state index is 0.610. The number of rotatable bonds is 3. The van der Waals surface area contributed by atoms with Gasteiger partial charge < -0.3 is 5.73 Å². The van der Waals surface area contributed by atoms with Crippen molar-refractivity contribution in [3.8, 4) is 11.3 Å². The minimum Gasteiger partial charge on any atom is -0.330 e. The van der Waals surface area contributed by atoms with Crippen molar-refractivity contribution >= 4 is 0 Å². The Morgan fingerprint density at radius 1 is 1.19 bits per heavy atom. The minimum atomic E-state index is 0.610. The number of benzene rings is 1. The first kappa shape index (κ1) is 10.8. The molecular formula is C13H15N3. The molecule has 1 aromatic carbocycles. The molecule has 82 valence electrons. The highest BCUT2D eigenvalue weighted by Gasteiger charge is 2.05. The van der Waals surface area contributed by atoms with Crippen LogP contribution in [0, 0.1) is 6.92 Å². The summed E-state index contributed by atoms with van der Waals surface area (Å²) in [6, 6.07) is 10.1. The van der Waals surface area contributed by atoms with E-state index >= 15 is 0 Å². The molecule has 0 amide bonds. The molecule has 1 aromatic heterocycles. The molecule has 0 aliphatic carbocycles. The second kappa shape index (κ2) is 4.86. The Hall–Kier alpha value is -1.74. The summed E-state index contributed by atoms with van der Waals surface area (Å²) >= 11 is 0. The van der Waals surface area contributed by atoms with Crippen molar-refractivity contribution in [3.63, 3.8) is 0 Å². The van der Waals surface area contributed by atoms with Crippen LogP contribution in [0.2, 0.25) is 0 Å². The van der Waals surface area contributed by atoms with Crippen LogP contribution in [-0.4, -0.2) is 16.5 Å². The predicted molar refractivity (Wildman–Crippen MR) is 65.0 cm³/mol. The smallest absolute Gasteiger partial charge is 0.0914 e. The summed E-state index contributed by atoms with van der Waals surface area (Å²) in [5, 5.41) is 0. The van der Waals surface area contributed by atoms with Gasteiger partial charge in [0.25, 0.3) is 0 Å². The van der Waals surface area contributed by atoms with Gasteiger partial charge in [0.15, 0.2) is 0 Å². The van der Waals surface area contributed by atoms with E-state index in [4.69, 9.17) is 5.73 Å². The highest BCUT2D eigenvalue weighted by atomic mass is 14.8. The molecule has 0 atom stereocenters. The molecule has 0 spiro atoms. The largest absolute Gasteiger partial charge is 0.330 e. The summed E-state index contributed by atoms with van der Waals surface area (Å²) in [5.41, 5.74) is 9.45. The van der Waals surface area contributed by atoms with E-state index in [-0.39, 0.29) is 0 Å². The molecule has 2 rings (SSSR count). The molecule has 0 radical (unpaired) electrons. The normalized spacial score (nSPS) is 10.4. The summed E-state index contributed by atoms with van der Waals surface area (Å²) < 4.78 is 0. The number of hydrogen-bond donors (Lipinski definition) is 1. The zero-order valence-electron chi connectivity index (χ0n) is 9.35. The van der Waals surface area contributed by atoms with Gasteiger partial charge in [-0.3, -0.25) is 9.97 Å². The Morgan fingerprint density at radius 3 is 2.56 bits per heavy atom. The summed E-state index contributed by atoms with van der Waals surface area (Å²) in [7, 11) is 0. The van der Waals surface area contributed by atoms with Gasteiger partial charge >= 0.3 is 0 Å². The third kappa shape index (κ3) is 2.25. The fourth-order valence-electron chi connectivity index (χ4n) is 1.68. The van der Waals surface area contributed by atoms with Gasteiger partial charge in [-0.2, -0.15) is 0 Å². The number of nitrogens with two attached hydrogens (primary N) is 1. The number of hydrogen-bond acceptors (Lipinski definition) is 3. The molecule has 0 aliphatic rings. The van der Waals surface area contributed by atoms with E-state index in [1.54, 1.807) is 0 Å². The van der Waals surface area contributed by atoms with Gasteiger partial charge in [0.2, 0.25) is 0 Å². The van der Waals surface area contributed by atoms with E-state index in [2.05, 4.69) is 9.97 Å². The molecule has 0 bridgehead atoms. The Labute approximate surface area is 95.4 Å². The van der Waals surface area contributed by atoms with Crippen LogP contribution in [0.3, 0.4) is 0 Å². The molecule has 0 aliphatic heterocycles. The average Bonchev–Trinajstić information content (AvgIpc) is 2.31. The molecule has 0 fully saturated rings. The predicted octanol–water partition coefficient (Wildman–Crippen LogP) is 1.95. The lowest BCUT2D eigenvalue weighted by atomic mass is 10.1. The summed E-state index contributed by atoms with van der Waals surface area (Å²) in [5.74, 6) is 0. The van der Waals surface area contributed by atoms with Crippen LogP contribution in [0.5, 0.6) is 0 Å². The Morgan fingerprint density at radius 2 is 1.94 bits per heavy atom. The highest BCUT2D eigenvalue weighted by molar-refractivity contribution is 5.60.